The molecule has 0 spiro atoms. The summed E-state index contributed by atoms with van der Waals surface area (Å²) >= 11 is 0. The minimum absolute atomic E-state index is 0.00901. The molecule has 0 saturated heterocycles. The zero-order valence-corrected chi connectivity index (χ0v) is 15.6. The van der Waals surface area contributed by atoms with Gasteiger partial charge in [0.25, 0.3) is 5.91 Å². The molecule has 6 heteroatoms. The molecule has 0 aromatic heterocycles. The van der Waals surface area contributed by atoms with Gasteiger partial charge in [-0.05, 0) is 49.8 Å². The highest BCUT2D eigenvalue weighted by molar-refractivity contribution is 6.01. The Hall–Kier alpha value is -2.76. The first-order chi connectivity index (χ1) is 13.2. The van der Waals surface area contributed by atoms with Crippen LogP contribution in [0.4, 0.5) is 4.79 Å². The third-order valence-corrected chi connectivity index (χ3v) is 5.56. The van der Waals surface area contributed by atoms with Gasteiger partial charge in [0.1, 0.15) is 5.75 Å². The van der Waals surface area contributed by atoms with Gasteiger partial charge in [-0.3, -0.25) is 4.79 Å². The molecule has 1 atom stereocenters. The van der Waals surface area contributed by atoms with Crippen molar-refractivity contribution in [1.29, 1.82) is 0 Å². The maximum atomic E-state index is 13.1. The maximum absolute atomic E-state index is 13.1. The van der Waals surface area contributed by atoms with Crippen LogP contribution in [0.2, 0.25) is 0 Å². The minimum atomic E-state index is -0.425. The number of rotatable bonds is 5. The molecule has 1 unspecified atom stereocenters. The predicted molar refractivity (Wildman–Crippen MR) is 102 cm³/mol. The van der Waals surface area contributed by atoms with Crippen LogP contribution in [0.25, 0.3) is 0 Å². The quantitative estimate of drug-likeness (QED) is 0.786. The molecule has 2 aliphatic heterocycles. The zero-order valence-electron chi connectivity index (χ0n) is 15.6. The fraction of sp³-hybridized carbons (Fsp3) is 0.429. The number of carbonyl (C=O) groups excluding carboxylic acids is 2. The molecule has 1 aliphatic carbocycles. The summed E-state index contributed by atoms with van der Waals surface area (Å²) in [6.07, 6.45) is 8.04. The van der Waals surface area contributed by atoms with Crippen LogP contribution in [0, 0.1) is 0 Å². The topological polar surface area (TPSA) is 70.7 Å². The fourth-order valence-corrected chi connectivity index (χ4v) is 4.07. The van der Waals surface area contributed by atoms with Crippen LogP contribution in [0.15, 0.2) is 47.2 Å². The molecule has 0 bridgehead atoms. The lowest BCUT2D eigenvalue weighted by Crippen LogP contribution is -2.44. The van der Waals surface area contributed by atoms with Crippen LogP contribution < -0.4 is 15.4 Å². The number of urea groups is 1. The van der Waals surface area contributed by atoms with E-state index in [0.717, 1.165) is 36.3 Å². The van der Waals surface area contributed by atoms with Crippen molar-refractivity contribution in [3.8, 4) is 5.75 Å². The average molecular weight is 367 g/mol. The number of nitrogens with one attached hydrogen (secondary N) is 2. The van der Waals surface area contributed by atoms with Gasteiger partial charge in [0.15, 0.2) is 0 Å². The van der Waals surface area contributed by atoms with Crippen LogP contribution in [-0.2, 0) is 4.79 Å². The number of allylic oxidation sites excluding steroid dienone is 1. The lowest BCUT2D eigenvalue weighted by atomic mass is 9.96. The summed E-state index contributed by atoms with van der Waals surface area (Å²) in [6, 6.07) is 6.78. The molecule has 2 N–H and O–H groups in total. The van der Waals surface area contributed by atoms with E-state index >= 15 is 0 Å². The summed E-state index contributed by atoms with van der Waals surface area (Å²) < 4.78 is 5.20. The Bertz CT molecular complexity index is 810. The first kappa shape index (κ1) is 17.6. The van der Waals surface area contributed by atoms with Crippen LogP contribution in [-0.4, -0.2) is 37.0 Å². The summed E-state index contributed by atoms with van der Waals surface area (Å²) in [5, 5.41) is 5.72. The van der Waals surface area contributed by atoms with E-state index in [2.05, 4.69) is 16.7 Å². The molecule has 0 saturated carbocycles. The van der Waals surface area contributed by atoms with Crippen molar-refractivity contribution in [2.24, 2.45) is 0 Å². The van der Waals surface area contributed by atoms with Gasteiger partial charge in [0.05, 0.1) is 31.0 Å². The number of hydrogen-bond acceptors (Lipinski definition) is 3. The monoisotopic (exact) mass is 367 g/mol. The molecule has 4 rings (SSSR count). The third kappa shape index (κ3) is 3.56. The van der Waals surface area contributed by atoms with Crippen molar-refractivity contribution in [3.63, 3.8) is 0 Å². The van der Waals surface area contributed by atoms with Crippen molar-refractivity contribution in [2.75, 3.05) is 20.2 Å². The van der Waals surface area contributed by atoms with E-state index in [1.54, 1.807) is 7.11 Å². The highest BCUT2D eigenvalue weighted by atomic mass is 16.5. The Morgan fingerprint density at radius 3 is 2.70 bits per heavy atom. The van der Waals surface area contributed by atoms with Crippen molar-refractivity contribution in [1.82, 2.24) is 15.5 Å². The molecule has 142 valence electrons. The zero-order chi connectivity index (χ0) is 18.8. The summed E-state index contributed by atoms with van der Waals surface area (Å²) in [5.41, 5.74) is 3.70. The van der Waals surface area contributed by atoms with Crippen LogP contribution in [0.3, 0.4) is 0 Å². The summed E-state index contributed by atoms with van der Waals surface area (Å²) in [6.45, 7) is 1.17. The Labute approximate surface area is 159 Å². The number of amides is 3. The SMILES string of the molecule is COc1ccc(C2NC(=O)NC3=C2C(=O)N(CCC2=CCCCC2)C3)cc1. The summed E-state index contributed by atoms with van der Waals surface area (Å²) in [5.74, 6) is 0.753. The molecule has 27 heavy (non-hydrogen) atoms. The van der Waals surface area contributed by atoms with Gasteiger partial charge in [-0.1, -0.05) is 23.8 Å². The van der Waals surface area contributed by atoms with E-state index in [4.69, 9.17) is 4.74 Å². The molecular formula is C21H25N3O3. The van der Waals surface area contributed by atoms with Gasteiger partial charge in [-0.2, -0.15) is 0 Å². The highest BCUT2D eigenvalue weighted by Crippen LogP contribution is 2.33. The fourth-order valence-electron chi connectivity index (χ4n) is 4.07. The number of hydrogen-bond donors (Lipinski definition) is 2. The Morgan fingerprint density at radius 2 is 2.00 bits per heavy atom. The number of nitrogens with zero attached hydrogens (tertiary/aromatic N) is 1. The largest absolute Gasteiger partial charge is 0.497 e. The molecule has 6 nitrogen and oxygen atoms in total. The molecule has 0 radical (unpaired) electrons. The highest BCUT2D eigenvalue weighted by Gasteiger charge is 2.40. The Morgan fingerprint density at radius 1 is 1.19 bits per heavy atom. The smallest absolute Gasteiger partial charge is 0.319 e. The van der Waals surface area contributed by atoms with E-state index in [1.165, 1.54) is 18.4 Å². The maximum Gasteiger partial charge on any atom is 0.319 e. The van der Waals surface area contributed by atoms with Crippen LogP contribution >= 0.6 is 0 Å². The lowest BCUT2D eigenvalue weighted by Gasteiger charge is -2.25. The predicted octanol–water partition coefficient (Wildman–Crippen LogP) is 3.04. The van der Waals surface area contributed by atoms with Gasteiger partial charge in [-0.25, -0.2) is 4.79 Å². The number of benzene rings is 1. The Balaban J connectivity index is 1.51. The van der Waals surface area contributed by atoms with Crippen LogP contribution in [0.1, 0.15) is 43.7 Å². The molecule has 1 aromatic rings. The van der Waals surface area contributed by atoms with E-state index in [-0.39, 0.29) is 11.9 Å². The second-order valence-electron chi connectivity index (χ2n) is 7.28. The molecular weight excluding hydrogens is 342 g/mol. The van der Waals surface area contributed by atoms with Crippen molar-refractivity contribution in [3.05, 3.63) is 52.7 Å². The molecule has 2 heterocycles. The first-order valence-electron chi connectivity index (χ1n) is 9.57. The summed E-state index contributed by atoms with van der Waals surface area (Å²) in [7, 11) is 1.61. The molecule has 0 fully saturated rings. The second-order valence-corrected chi connectivity index (χ2v) is 7.28. The van der Waals surface area contributed by atoms with Gasteiger partial charge in [0, 0.05) is 6.54 Å². The molecule has 3 aliphatic rings. The normalized spacial score (nSPS) is 22.2. The number of methoxy groups -OCH3 is 1. The van der Waals surface area contributed by atoms with E-state index in [1.807, 2.05) is 29.2 Å². The van der Waals surface area contributed by atoms with Gasteiger partial charge < -0.3 is 20.3 Å². The number of ether oxygens (including phenoxy) is 1. The van der Waals surface area contributed by atoms with Gasteiger partial charge >= 0.3 is 6.03 Å². The van der Waals surface area contributed by atoms with E-state index in [9.17, 15) is 9.59 Å². The molecule has 1 aromatic carbocycles. The number of carbonyl (C=O) groups is 2. The van der Waals surface area contributed by atoms with Crippen molar-refractivity contribution >= 4 is 11.9 Å². The van der Waals surface area contributed by atoms with E-state index in [0.29, 0.717) is 18.7 Å². The van der Waals surface area contributed by atoms with Crippen molar-refractivity contribution < 1.29 is 14.3 Å². The average Bonchev–Trinajstić information content (AvgIpc) is 3.02. The first-order valence-corrected chi connectivity index (χ1v) is 9.57. The van der Waals surface area contributed by atoms with Crippen molar-refractivity contribution in [2.45, 2.75) is 38.1 Å². The van der Waals surface area contributed by atoms with E-state index < -0.39 is 6.04 Å². The van der Waals surface area contributed by atoms with Crippen LogP contribution in [0.5, 0.6) is 5.75 Å². The minimum Gasteiger partial charge on any atom is -0.497 e. The van der Waals surface area contributed by atoms with Gasteiger partial charge in [-0.15, -0.1) is 0 Å². The molecule has 3 amide bonds. The second kappa shape index (κ2) is 7.47. The summed E-state index contributed by atoms with van der Waals surface area (Å²) in [4.78, 5) is 27.0. The third-order valence-electron chi connectivity index (χ3n) is 5.56. The van der Waals surface area contributed by atoms with Gasteiger partial charge in [0.2, 0.25) is 0 Å². The standard InChI is InChI=1S/C21H25N3O3/c1-27-16-9-7-15(8-10-16)19-18-17(22-21(26)23-19)13-24(20(18)25)12-11-14-5-3-2-4-6-14/h5,7-10,19H,2-4,6,11-13H2,1H3,(H2,22,23,26). The lowest BCUT2D eigenvalue weighted by molar-refractivity contribution is -0.125. The Kier molecular flexibility index (Phi) is 4.88.